The summed E-state index contributed by atoms with van der Waals surface area (Å²) in [6.45, 7) is 6.03. The number of nitrogens with zero attached hydrogens (tertiary/aromatic N) is 2. The normalized spacial score (nSPS) is 11.4. The third kappa shape index (κ3) is 3.94. The molecule has 0 N–H and O–H groups in total. The van der Waals surface area contributed by atoms with Crippen LogP contribution in [-0.2, 0) is 5.41 Å². The van der Waals surface area contributed by atoms with Crippen LogP contribution < -0.4 is 4.74 Å². The molecule has 134 valence electrons. The standard InChI is InChI=1S/C20H18ClFN2O2/c1-20(2,3)17-12-18(24(23-17)16-9-5-7-14(21)11-16)26-19(25)13-6-4-8-15(22)10-13/h4-12H,1-3H3. The van der Waals surface area contributed by atoms with Gasteiger partial charge in [-0.2, -0.15) is 5.10 Å². The SMILES string of the molecule is CC(C)(C)c1cc(OC(=O)c2cccc(F)c2)n(-c2cccc(Cl)c2)n1. The van der Waals surface area contributed by atoms with Gasteiger partial charge in [-0.05, 0) is 36.4 Å². The van der Waals surface area contributed by atoms with Crippen molar-refractivity contribution in [1.29, 1.82) is 0 Å². The van der Waals surface area contributed by atoms with Crippen LogP contribution >= 0.6 is 11.6 Å². The van der Waals surface area contributed by atoms with Gasteiger partial charge in [0, 0.05) is 16.5 Å². The molecule has 26 heavy (non-hydrogen) atoms. The molecule has 1 aromatic heterocycles. The maximum atomic E-state index is 13.4. The lowest BCUT2D eigenvalue weighted by Gasteiger charge is -2.13. The summed E-state index contributed by atoms with van der Waals surface area (Å²) in [7, 11) is 0. The van der Waals surface area contributed by atoms with Gasteiger partial charge < -0.3 is 4.74 Å². The number of rotatable bonds is 3. The molecular weight excluding hydrogens is 355 g/mol. The van der Waals surface area contributed by atoms with E-state index in [2.05, 4.69) is 5.10 Å². The van der Waals surface area contributed by atoms with E-state index in [0.717, 1.165) is 11.8 Å². The Morgan fingerprint density at radius 3 is 2.50 bits per heavy atom. The summed E-state index contributed by atoms with van der Waals surface area (Å²) in [6.07, 6.45) is 0. The van der Waals surface area contributed by atoms with Crippen LogP contribution in [0.5, 0.6) is 5.88 Å². The lowest BCUT2D eigenvalue weighted by Crippen LogP contribution is -2.13. The lowest BCUT2D eigenvalue weighted by atomic mass is 9.93. The van der Waals surface area contributed by atoms with Crippen molar-refractivity contribution in [2.75, 3.05) is 0 Å². The highest BCUT2D eigenvalue weighted by molar-refractivity contribution is 6.30. The second-order valence-corrected chi connectivity index (χ2v) is 7.35. The third-order valence-electron chi connectivity index (χ3n) is 3.76. The Morgan fingerprint density at radius 2 is 1.85 bits per heavy atom. The zero-order chi connectivity index (χ0) is 18.9. The molecule has 4 nitrogen and oxygen atoms in total. The van der Waals surface area contributed by atoms with Gasteiger partial charge in [0.2, 0.25) is 5.88 Å². The molecular formula is C20H18ClFN2O2. The summed E-state index contributed by atoms with van der Waals surface area (Å²) in [4.78, 5) is 12.4. The van der Waals surface area contributed by atoms with Gasteiger partial charge in [-0.3, -0.25) is 0 Å². The van der Waals surface area contributed by atoms with Crippen molar-refractivity contribution in [3.8, 4) is 11.6 Å². The minimum Gasteiger partial charge on any atom is -0.404 e. The van der Waals surface area contributed by atoms with Crippen molar-refractivity contribution in [3.05, 3.63) is 76.7 Å². The fourth-order valence-electron chi connectivity index (χ4n) is 2.37. The maximum Gasteiger partial charge on any atom is 0.344 e. The number of benzene rings is 2. The monoisotopic (exact) mass is 372 g/mol. The zero-order valence-corrected chi connectivity index (χ0v) is 15.4. The van der Waals surface area contributed by atoms with E-state index in [1.807, 2.05) is 26.8 Å². The summed E-state index contributed by atoms with van der Waals surface area (Å²) < 4.78 is 20.4. The molecule has 0 bridgehead atoms. The van der Waals surface area contributed by atoms with Crippen LogP contribution in [-0.4, -0.2) is 15.7 Å². The molecule has 6 heteroatoms. The summed E-state index contributed by atoms with van der Waals surface area (Å²) in [5.41, 5.74) is 1.29. The van der Waals surface area contributed by atoms with Crippen LogP contribution in [0.3, 0.4) is 0 Å². The smallest absolute Gasteiger partial charge is 0.344 e. The fraction of sp³-hybridized carbons (Fsp3) is 0.200. The summed E-state index contributed by atoms with van der Waals surface area (Å²) in [6, 6.07) is 14.1. The zero-order valence-electron chi connectivity index (χ0n) is 14.7. The minimum atomic E-state index is -0.659. The van der Waals surface area contributed by atoms with Gasteiger partial charge >= 0.3 is 5.97 Å². The summed E-state index contributed by atoms with van der Waals surface area (Å²) >= 11 is 6.07. The van der Waals surface area contributed by atoms with Crippen LogP contribution in [0.1, 0.15) is 36.8 Å². The van der Waals surface area contributed by atoms with E-state index in [-0.39, 0.29) is 16.9 Å². The van der Waals surface area contributed by atoms with Gasteiger partial charge in [-0.25, -0.2) is 13.9 Å². The van der Waals surface area contributed by atoms with Crippen LogP contribution in [0.15, 0.2) is 54.6 Å². The third-order valence-corrected chi connectivity index (χ3v) is 3.99. The van der Waals surface area contributed by atoms with E-state index >= 15 is 0 Å². The molecule has 0 saturated carbocycles. The molecule has 3 aromatic rings. The highest BCUT2D eigenvalue weighted by Gasteiger charge is 2.23. The second kappa shape index (κ2) is 6.92. The van der Waals surface area contributed by atoms with E-state index in [1.165, 1.54) is 22.9 Å². The van der Waals surface area contributed by atoms with Crippen molar-refractivity contribution in [2.45, 2.75) is 26.2 Å². The molecule has 0 radical (unpaired) electrons. The van der Waals surface area contributed by atoms with Gasteiger partial charge in [0.15, 0.2) is 0 Å². The molecule has 0 fully saturated rings. The lowest BCUT2D eigenvalue weighted by molar-refractivity contribution is 0.0722. The molecule has 0 atom stereocenters. The molecule has 0 aliphatic carbocycles. The number of esters is 1. The molecule has 0 saturated heterocycles. The van der Waals surface area contributed by atoms with Crippen LogP contribution in [0.2, 0.25) is 5.02 Å². The quantitative estimate of drug-likeness (QED) is 0.595. The summed E-state index contributed by atoms with van der Waals surface area (Å²) in [5.74, 6) is -0.919. The molecule has 0 unspecified atom stereocenters. The van der Waals surface area contributed by atoms with E-state index in [9.17, 15) is 9.18 Å². The van der Waals surface area contributed by atoms with Gasteiger partial charge in [0.25, 0.3) is 0 Å². The highest BCUT2D eigenvalue weighted by Crippen LogP contribution is 2.29. The van der Waals surface area contributed by atoms with E-state index in [0.29, 0.717) is 10.7 Å². The Morgan fingerprint density at radius 1 is 1.12 bits per heavy atom. The van der Waals surface area contributed by atoms with Crippen molar-refractivity contribution in [3.63, 3.8) is 0 Å². The van der Waals surface area contributed by atoms with Crippen molar-refractivity contribution < 1.29 is 13.9 Å². The van der Waals surface area contributed by atoms with Crippen molar-refractivity contribution >= 4 is 17.6 Å². The molecule has 2 aromatic carbocycles. The van der Waals surface area contributed by atoms with Crippen molar-refractivity contribution in [2.24, 2.45) is 0 Å². The second-order valence-electron chi connectivity index (χ2n) is 6.91. The molecule has 0 aliphatic rings. The number of ether oxygens (including phenoxy) is 1. The Bertz CT molecular complexity index is 960. The average Bonchev–Trinajstić information content (AvgIpc) is 2.99. The Balaban J connectivity index is 2.02. The predicted octanol–water partition coefficient (Wildman–Crippen LogP) is 5.18. The molecule has 1 heterocycles. The first kappa shape index (κ1) is 18.1. The maximum absolute atomic E-state index is 13.4. The van der Waals surface area contributed by atoms with Crippen LogP contribution in [0.4, 0.5) is 4.39 Å². The van der Waals surface area contributed by atoms with E-state index in [1.54, 1.807) is 24.3 Å². The largest absolute Gasteiger partial charge is 0.404 e. The number of hydrogen-bond acceptors (Lipinski definition) is 3. The first-order valence-electron chi connectivity index (χ1n) is 8.08. The summed E-state index contributed by atoms with van der Waals surface area (Å²) in [5, 5.41) is 5.10. The highest BCUT2D eigenvalue weighted by atomic mass is 35.5. The molecule has 0 aliphatic heterocycles. The van der Waals surface area contributed by atoms with E-state index in [4.69, 9.17) is 16.3 Å². The van der Waals surface area contributed by atoms with E-state index < -0.39 is 11.8 Å². The molecule has 0 amide bonds. The number of aromatic nitrogens is 2. The Hall–Kier alpha value is -2.66. The first-order chi connectivity index (χ1) is 12.2. The molecule has 3 rings (SSSR count). The van der Waals surface area contributed by atoms with Gasteiger partial charge in [-0.15, -0.1) is 0 Å². The number of carbonyl (C=O) groups excluding carboxylic acids is 1. The molecule has 0 spiro atoms. The van der Waals surface area contributed by atoms with Gasteiger partial charge in [0.05, 0.1) is 16.9 Å². The number of halogens is 2. The minimum absolute atomic E-state index is 0.126. The van der Waals surface area contributed by atoms with Crippen molar-refractivity contribution in [1.82, 2.24) is 9.78 Å². The predicted molar refractivity (Wildman–Crippen MR) is 98.6 cm³/mol. The van der Waals surface area contributed by atoms with Gasteiger partial charge in [-0.1, -0.05) is 44.5 Å². The van der Waals surface area contributed by atoms with Crippen LogP contribution in [0, 0.1) is 5.82 Å². The first-order valence-corrected chi connectivity index (χ1v) is 8.46. The topological polar surface area (TPSA) is 44.1 Å². The fourth-order valence-corrected chi connectivity index (χ4v) is 2.55. The van der Waals surface area contributed by atoms with Crippen LogP contribution in [0.25, 0.3) is 5.69 Å². The number of carbonyl (C=O) groups is 1. The van der Waals surface area contributed by atoms with Gasteiger partial charge in [0.1, 0.15) is 5.82 Å². The number of hydrogen-bond donors (Lipinski definition) is 0. The average molecular weight is 373 g/mol. The Labute approximate surface area is 156 Å². The Kier molecular flexibility index (Phi) is 4.83.